The van der Waals surface area contributed by atoms with Crippen LogP contribution in [0.25, 0.3) is 0 Å². The van der Waals surface area contributed by atoms with Gasteiger partial charge in [-0.05, 0) is 39.0 Å². The molecule has 1 heterocycles. The molecule has 8 heteroatoms. The third kappa shape index (κ3) is 5.42. The van der Waals surface area contributed by atoms with E-state index in [-0.39, 0.29) is 29.5 Å². The van der Waals surface area contributed by atoms with Crippen LogP contribution < -0.4 is 16.4 Å². The van der Waals surface area contributed by atoms with Crippen molar-refractivity contribution in [2.24, 2.45) is 0 Å². The SMILES string of the molecule is Cc1ccc(C(=N)c2c(N)ncnc2NC(C)(C)CNC(=O)c2cccc(F)c2)cc1. The summed E-state index contributed by atoms with van der Waals surface area (Å²) in [4.78, 5) is 20.7. The number of hydrogen-bond acceptors (Lipinski definition) is 6. The van der Waals surface area contributed by atoms with E-state index in [1.165, 1.54) is 24.5 Å². The van der Waals surface area contributed by atoms with Gasteiger partial charge >= 0.3 is 0 Å². The zero-order valence-corrected chi connectivity index (χ0v) is 17.7. The summed E-state index contributed by atoms with van der Waals surface area (Å²) in [6.07, 6.45) is 1.32. The van der Waals surface area contributed by atoms with Crippen LogP contribution >= 0.6 is 0 Å². The van der Waals surface area contributed by atoms with E-state index in [1.54, 1.807) is 6.07 Å². The van der Waals surface area contributed by atoms with Crippen molar-refractivity contribution in [3.05, 3.63) is 82.9 Å². The lowest BCUT2D eigenvalue weighted by molar-refractivity contribution is 0.0947. The Labute approximate surface area is 180 Å². The molecule has 3 rings (SSSR count). The monoisotopic (exact) mass is 420 g/mol. The average molecular weight is 420 g/mol. The molecule has 0 aliphatic heterocycles. The number of nitrogens with one attached hydrogen (secondary N) is 3. The van der Waals surface area contributed by atoms with Crippen molar-refractivity contribution >= 4 is 23.3 Å². The molecule has 3 aromatic rings. The minimum Gasteiger partial charge on any atom is -0.383 e. The number of hydrogen-bond donors (Lipinski definition) is 4. The predicted molar refractivity (Wildman–Crippen MR) is 120 cm³/mol. The topological polar surface area (TPSA) is 117 Å². The molecule has 1 amide bonds. The summed E-state index contributed by atoms with van der Waals surface area (Å²) >= 11 is 0. The molecule has 0 spiro atoms. The Hall–Kier alpha value is -3.81. The van der Waals surface area contributed by atoms with E-state index >= 15 is 0 Å². The fraction of sp³-hybridized carbons (Fsp3) is 0.217. The fourth-order valence-electron chi connectivity index (χ4n) is 3.00. The summed E-state index contributed by atoms with van der Waals surface area (Å²) in [5.74, 6) is -0.282. The molecule has 0 aliphatic rings. The number of carbonyl (C=O) groups excluding carboxylic acids is 1. The molecule has 0 radical (unpaired) electrons. The fourth-order valence-corrected chi connectivity index (χ4v) is 3.00. The largest absolute Gasteiger partial charge is 0.383 e. The highest BCUT2D eigenvalue weighted by atomic mass is 19.1. The Kier molecular flexibility index (Phi) is 6.29. The minimum absolute atomic E-state index is 0.183. The van der Waals surface area contributed by atoms with Gasteiger partial charge in [-0.3, -0.25) is 10.2 Å². The second-order valence-electron chi connectivity index (χ2n) is 7.93. The number of anilines is 2. The van der Waals surface area contributed by atoms with Gasteiger partial charge in [0.1, 0.15) is 23.8 Å². The number of benzene rings is 2. The summed E-state index contributed by atoms with van der Waals surface area (Å²) in [5.41, 5.74) is 8.03. The Bertz CT molecular complexity index is 1110. The molecular weight excluding hydrogens is 395 g/mol. The molecule has 0 saturated carbocycles. The quantitative estimate of drug-likeness (QED) is 0.436. The number of amides is 1. The molecule has 0 atom stereocenters. The smallest absolute Gasteiger partial charge is 0.251 e. The molecule has 1 aromatic heterocycles. The van der Waals surface area contributed by atoms with E-state index in [2.05, 4.69) is 20.6 Å². The molecule has 0 saturated heterocycles. The normalized spacial score (nSPS) is 11.1. The predicted octanol–water partition coefficient (Wildman–Crippen LogP) is 3.54. The number of aryl methyl sites for hydroxylation is 1. The first-order valence-electron chi connectivity index (χ1n) is 9.75. The molecule has 0 fully saturated rings. The second kappa shape index (κ2) is 8.91. The second-order valence-corrected chi connectivity index (χ2v) is 7.93. The van der Waals surface area contributed by atoms with Gasteiger partial charge in [0.25, 0.3) is 5.91 Å². The van der Waals surface area contributed by atoms with Gasteiger partial charge in [-0.15, -0.1) is 0 Å². The van der Waals surface area contributed by atoms with E-state index in [9.17, 15) is 9.18 Å². The lowest BCUT2D eigenvalue weighted by atomic mass is 10.00. The van der Waals surface area contributed by atoms with Crippen LogP contribution in [0.2, 0.25) is 0 Å². The van der Waals surface area contributed by atoms with E-state index < -0.39 is 11.4 Å². The van der Waals surface area contributed by atoms with Crippen LogP contribution in [0, 0.1) is 18.2 Å². The summed E-state index contributed by atoms with van der Waals surface area (Å²) < 4.78 is 13.4. The summed E-state index contributed by atoms with van der Waals surface area (Å²) in [7, 11) is 0. The zero-order valence-electron chi connectivity index (χ0n) is 17.7. The van der Waals surface area contributed by atoms with E-state index in [4.69, 9.17) is 11.1 Å². The van der Waals surface area contributed by atoms with Crippen molar-refractivity contribution in [2.75, 3.05) is 17.6 Å². The zero-order chi connectivity index (χ0) is 22.6. The van der Waals surface area contributed by atoms with E-state index in [0.717, 1.165) is 5.56 Å². The summed E-state index contributed by atoms with van der Waals surface area (Å²) in [6.45, 7) is 5.94. The first kappa shape index (κ1) is 21.9. The summed E-state index contributed by atoms with van der Waals surface area (Å²) in [6, 6.07) is 13.0. The van der Waals surface area contributed by atoms with E-state index in [1.807, 2.05) is 45.0 Å². The maximum Gasteiger partial charge on any atom is 0.251 e. The van der Waals surface area contributed by atoms with E-state index in [0.29, 0.717) is 16.9 Å². The number of nitrogens with zero attached hydrogens (tertiary/aromatic N) is 2. The van der Waals surface area contributed by atoms with Crippen LogP contribution in [0.15, 0.2) is 54.9 Å². The number of aromatic nitrogens is 2. The maximum absolute atomic E-state index is 13.4. The summed E-state index contributed by atoms with van der Waals surface area (Å²) in [5, 5.41) is 14.7. The van der Waals surface area contributed by atoms with Crippen molar-refractivity contribution < 1.29 is 9.18 Å². The van der Waals surface area contributed by atoms with Gasteiger partial charge in [0.05, 0.1) is 16.8 Å². The molecule has 160 valence electrons. The van der Waals surface area contributed by atoms with Crippen molar-refractivity contribution in [1.82, 2.24) is 15.3 Å². The molecule has 7 nitrogen and oxygen atoms in total. The number of nitrogen functional groups attached to an aromatic ring is 1. The molecule has 5 N–H and O–H groups in total. The van der Waals surface area contributed by atoms with Crippen molar-refractivity contribution in [3.8, 4) is 0 Å². The Balaban J connectivity index is 1.78. The average Bonchev–Trinajstić information content (AvgIpc) is 2.72. The number of carbonyl (C=O) groups is 1. The van der Waals surface area contributed by atoms with Gasteiger partial charge in [-0.2, -0.15) is 0 Å². The number of rotatable bonds is 7. The van der Waals surface area contributed by atoms with Gasteiger partial charge < -0.3 is 16.4 Å². The molecule has 2 aromatic carbocycles. The van der Waals surface area contributed by atoms with Crippen LogP contribution in [-0.2, 0) is 0 Å². The first-order chi connectivity index (χ1) is 14.7. The highest BCUT2D eigenvalue weighted by Crippen LogP contribution is 2.24. The Morgan fingerprint density at radius 1 is 1.13 bits per heavy atom. The minimum atomic E-state index is -0.647. The van der Waals surface area contributed by atoms with Crippen molar-refractivity contribution in [1.29, 1.82) is 5.41 Å². The lowest BCUT2D eigenvalue weighted by Crippen LogP contribution is -2.44. The van der Waals surface area contributed by atoms with Gasteiger partial charge in [0.15, 0.2) is 0 Å². The standard InChI is InChI=1S/C23H25FN6O/c1-14-7-9-15(10-8-14)19(25)18-20(26)28-13-29-21(18)30-23(2,3)12-27-22(31)16-5-4-6-17(24)11-16/h4-11,13,25H,12H2,1-3H3,(H,27,31)(H3,26,28,29,30). The Morgan fingerprint density at radius 3 is 2.52 bits per heavy atom. The van der Waals surface area contributed by atoms with Crippen LogP contribution in [0.5, 0.6) is 0 Å². The molecular formula is C23H25FN6O. The highest BCUT2D eigenvalue weighted by Gasteiger charge is 2.24. The number of halogens is 1. The molecule has 0 bridgehead atoms. The third-order valence-corrected chi connectivity index (χ3v) is 4.70. The highest BCUT2D eigenvalue weighted by molar-refractivity contribution is 6.16. The van der Waals surface area contributed by atoms with Crippen LogP contribution in [0.3, 0.4) is 0 Å². The van der Waals surface area contributed by atoms with Gasteiger partial charge in [0.2, 0.25) is 0 Å². The molecule has 0 aliphatic carbocycles. The van der Waals surface area contributed by atoms with Crippen molar-refractivity contribution in [2.45, 2.75) is 26.3 Å². The first-order valence-corrected chi connectivity index (χ1v) is 9.75. The van der Waals surface area contributed by atoms with Crippen LogP contribution in [0.1, 0.15) is 40.9 Å². The van der Waals surface area contributed by atoms with Crippen molar-refractivity contribution in [3.63, 3.8) is 0 Å². The van der Waals surface area contributed by atoms with Gasteiger partial charge in [0, 0.05) is 17.7 Å². The number of nitrogens with two attached hydrogens (primary N) is 1. The molecule has 31 heavy (non-hydrogen) atoms. The van der Waals surface area contributed by atoms with Crippen LogP contribution in [0.4, 0.5) is 16.0 Å². The molecule has 0 unspecified atom stereocenters. The van der Waals surface area contributed by atoms with Crippen LogP contribution in [-0.4, -0.2) is 33.7 Å². The Morgan fingerprint density at radius 2 is 1.84 bits per heavy atom. The lowest BCUT2D eigenvalue weighted by Gasteiger charge is -2.28. The van der Waals surface area contributed by atoms with Gasteiger partial charge in [-0.25, -0.2) is 14.4 Å². The third-order valence-electron chi connectivity index (χ3n) is 4.70. The maximum atomic E-state index is 13.4. The van der Waals surface area contributed by atoms with Gasteiger partial charge in [-0.1, -0.05) is 35.9 Å².